The van der Waals surface area contributed by atoms with E-state index in [9.17, 15) is 9.90 Å². The molecule has 0 aliphatic carbocycles. The Labute approximate surface area is 134 Å². The Bertz CT molecular complexity index is 838. The quantitative estimate of drug-likeness (QED) is 0.776. The number of hydrogen-bond donors (Lipinski definition) is 1. The molecule has 0 unspecified atom stereocenters. The normalized spacial score (nSPS) is 11.1. The van der Waals surface area contributed by atoms with Crippen LogP contribution in [0.5, 0.6) is 5.75 Å². The Hall–Kier alpha value is -2.82. The first-order chi connectivity index (χ1) is 11.1. The van der Waals surface area contributed by atoms with Crippen LogP contribution in [0.25, 0.3) is 10.9 Å². The standard InChI is InChI=1S/C18H18N2O3/c1-12(2)20-13(11-23-14-5-4-8-19-10-14)9-16-15(18(21)22)6-3-7-17(16)20/h3-10,12H,11H2,1-2H3,(H,21,22). The molecule has 0 bridgehead atoms. The minimum Gasteiger partial charge on any atom is -0.486 e. The van der Waals surface area contributed by atoms with E-state index < -0.39 is 5.97 Å². The van der Waals surface area contributed by atoms with Crippen LogP contribution in [0.4, 0.5) is 0 Å². The van der Waals surface area contributed by atoms with Gasteiger partial charge in [0, 0.05) is 23.1 Å². The number of carbonyl (C=O) groups is 1. The van der Waals surface area contributed by atoms with Crippen LogP contribution in [0.2, 0.25) is 0 Å². The topological polar surface area (TPSA) is 64.4 Å². The largest absolute Gasteiger partial charge is 0.486 e. The van der Waals surface area contributed by atoms with Gasteiger partial charge in [-0.25, -0.2) is 4.79 Å². The predicted molar refractivity (Wildman–Crippen MR) is 87.9 cm³/mol. The van der Waals surface area contributed by atoms with Crippen LogP contribution in [-0.4, -0.2) is 20.6 Å². The lowest BCUT2D eigenvalue weighted by molar-refractivity contribution is 0.0699. The molecule has 2 heterocycles. The van der Waals surface area contributed by atoms with Gasteiger partial charge >= 0.3 is 5.97 Å². The highest BCUT2D eigenvalue weighted by Crippen LogP contribution is 2.28. The minimum atomic E-state index is -0.920. The molecule has 0 atom stereocenters. The fourth-order valence-electron chi connectivity index (χ4n) is 2.80. The third-order valence-electron chi connectivity index (χ3n) is 3.73. The van der Waals surface area contributed by atoms with Crippen molar-refractivity contribution in [3.05, 3.63) is 60.0 Å². The third kappa shape index (κ3) is 2.90. The maximum Gasteiger partial charge on any atom is 0.336 e. The molecule has 2 aromatic heterocycles. The Kier molecular flexibility index (Phi) is 4.02. The lowest BCUT2D eigenvalue weighted by Crippen LogP contribution is -2.08. The van der Waals surface area contributed by atoms with Gasteiger partial charge in [-0.05, 0) is 44.2 Å². The summed E-state index contributed by atoms with van der Waals surface area (Å²) in [5.41, 5.74) is 2.15. The molecule has 0 aliphatic heterocycles. The van der Waals surface area contributed by atoms with Gasteiger partial charge in [-0.2, -0.15) is 0 Å². The second kappa shape index (κ2) is 6.12. The van der Waals surface area contributed by atoms with Gasteiger partial charge in [-0.3, -0.25) is 4.98 Å². The number of aromatic carboxylic acids is 1. The number of hydrogen-bond acceptors (Lipinski definition) is 3. The number of rotatable bonds is 5. The Morgan fingerprint density at radius 2 is 2.13 bits per heavy atom. The number of benzene rings is 1. The van der Waals surface area contributed by atoms with Crippen molar-refractivity contribution in [3.63, 3.8) is 0 Å². The van der Waals surface area contributed by atoms with E-state index in [2.05, 4.69) is 23.4 Å². The number of nitrogens with zero attached hydrogens (tertiary/aromatic N) is 2. The number of carboxylic acids is 1. The van der Waals surface area contributed by atoms with E-state index in [0.29, 0.717) is 17.9 Å². The van der Waals surface area contributed by atoms with Crippen molar-refractivity contribution < 1.29 is 14.6 Å². The van der Waals surface area contributed by atoms with Crippen LogP contribution >= 0.6 is 0 Å². The van der Waals surface area contributed by atoms with Crippen molar-refractivity contribution >= 4 is 16.9 Å². The van der Waals surface area contributed by atoms with Gasteiger partial charge in [0.15, 0.2) is 0 Å². The van der Waals surface area contributed by atoms with E-state index in [1.165, 1.54) is 0 Å². The summed E-state index contributed by atoms with van der Waals surface area (Å²) in [7, 11) is 0. The van der Waals surface area contributed by atoms with E-state index in [0.717, 1.165) is 16.6 Å². The average Bonchev–Trinajstić information content (AvgIpc) is 2.92. The van der Waals surface area contributed by atoms with E-state index in [4.69, 9.17) is 4.74 Å². The van der Waals surface area contributed by atoms with Crippen LogP contribution in [0.1, 0.15) is 35.9 Å². The van der Waals surface area contributed by atoms with Crippen LogP contribution in [0.15, 0.2) is 48.8 Å². The van der Waals surface area contributed by atoms with Crippen molar-refractivity contribution in [3.8, 4) is 5.75 Å². The maximum absolute atomic E-state index is 11.4. The zero-order valence-electron chi connectivity index (χ0n) is 13.1. The van der Waals surface area contributed by atoms with Gasteiger partial charge in [0.1, 0.15) is 12.4 Å². The van der Waals surface area contributed by atoms with Gasteiger partial charge in [0.2, 0.25) is 0 Å². The summed E-state index contributed by atoms with van der Waals surface area (Å²) in [4.78, 5) is 15.5. The Morgan fingerprint density at radius 1 is 1.30 bits per heavy atom. The molecule has 0 radical (unpaired) electrons. The zero-order chi connectivity index (χ0) is 16.4. The van der Waals surface area contributed by atoms with E-state index in [-0.39, 0.29) is 6.04 Å². The first kappa shape index (κ1) is 15.1. The maximum atomic E-state index is 11.4. The molecule has 1 N–H and O–H groups in total. The molecule has 5 heteroatoms. The number of ether oxygens (including phenoxy) is 1. The number of fused-ring (bicyclic) bond motifs is 1. The van der Waals surface area contributed by atoms with Crippen LogP contribution in [0, 0.1) is 0 Å². The van der Waals surface area contributed by atoms with Crippen molar-refractivity contribution in [1.29, 1.82) is 0 Å². The number of aromatic nitrogens is 2. The Balaban J connectivity index is 2.03. The number of carboxylic acid groups (broad SMARTS) is 1. The molecule has 23 heavy (non-hydrogen) atoms. The molecule has 0 amide bonds. The van der Waals surface area contributed by atoms with Gasteiger partial charge < -0.3 is 14.4 Å². The fraction of sp³-hybridized carbons (Fsp3) is 0.222. The Morgan fingerprint density at radius 3 is 2.78 bits per heavy atom. The molecule has 0 fully saturated rings. The van der Waals surface area contributed by atoms with E-state index >= 15 is 0 Å². The molecule has 0 spiro atoms. The molecule has 1 aromatic carbocycles. The average molecular weight is 310 g/mol. The monoisotopic (exact) mass is 310 g/mol. The fourth-order valence-corrected chi connectivity index (χ4v) is 2.80. The minimum absolute atomic E-state index is 0.198. The molecular weight excluding hydrogens is 292 g/mol. The summed E-state index contributed by atoms with van der Waals surface area (Å²) in [6, 6.07) is 11.1. The first-order valence-corrected chi connectivity index (χ1v) is 7.47. The predicted octanol–water partition coefficient (Wildman–Crippen LogP) is 3.89. The second-order valence-electron chi connectivity index (χ2n) is 5.62. The SMILES string of the molecule is CC(C)n1c(COc2cccnc2)cc2c(C(=O)O)cccc21. The van der Waals surface area contributed by atoms with Crippen molar-refractivity contribution in [1.82, 2.24) is 9.55 Å². The molecular formula is C18H18N2O3. The smallest absolute Gasteiger partial charge is 0.336 e. The van der Waals surface area contributed by atoms with Crippen LogP contribution < -0.4 is 4.74 Å². The molecule has 118 valence electrons. The van der Waals surface area contributed by atoms with Crippen LogP contribution in [0.3, 0.4) is 0 Å². The summed E-state index contributed by atoms with van der Waals surface area (Å²) in [6.07, 6.45) is 3.35. The third-order valence-corrected chi connectivity index (χ3v) is 3.73. The molecule has 3 rings (SSSR count). The molecule has 0 aliphatic rings. The lowest BCUT2D eigenvalue weighted by Gasteiger charge is -2.15. The highest BCUT2D eigenvalue weighted by Gasteiger charge is 2.17. The molecule has 5 nitrogen and oxygen atoms in total. The second-order valence-corrected chi connectivity index (χ2v) is 5.62. The highest BCUT2D eigenvalue weighted by atomic mass is 16.5. The highest BCUT2D eigenvalue weighted by molar-refractivity contribution is 6.03. The van der Waals surface area contributed by atoms with Gasteiger partial charge in [-0.1, -0.05) is 6.07 Å². The van der Waals surface area contributed by atoms with E-state index in [1.54, 1.807) is 24.5 Å². The molecule has 3 aromatic rings. The zero-order valence-corrected chi connectivity index (χ0v) is 13.1. The molecule has 0 saturated heterocycles. The van der Waals surface area contributed by atoms with Gasteiger partial charge in [-0.15, -0.1) is 0 Å². The molecule has 0 saturated carbocycles. The van der Waals surface area contributed by atoms with Gasteiger partial charge in [0.05, 0.1) is 17.5 Å². The summed E-state index contributed by atoms with van der Waals surface area (Å²) >= 11 is 0. The van der Waals surface area contributed by atoms with Crippen molar-refractivity contribution in [2.75, 3.05) is 0 Å². The van der Waals surface area contributed by atoms with Crippen molar-refractivity contribution in [2.45, 2.75) is 26.5 Å². The summed E-state index contributed by atoms with van der Waals surface area (Å²) in [5, 5.41) is 10.1. The summed E-state index contributed by atoms with van der Waals surface area (Å²) in [6.45, 7) is 4.50. The number of pyridine rings is 1. The van der Waals surface area contributed by atoms with Crippen molar-refractivity contribution in [2.24, 2.45) is 0 Å². The summed E-state index contributed by atoms with van der Waals surface area (Å²) < 4.78 is 7.89. The van der Waals surface area contributed by atoms with E-state index in [1.807, 2.05) is 24.3 Å². The van der Waals surface area contributed by atoms with Gasteiger partial charge in [0.25, 0.3) is 0 Å². The first-order valence-electron chi connectivity index (χ1n) is 7.47. The van der Waals surface area contributed by atoms with Crippen LogP contribution in [-0.2, 0) is 6.61 Å². The lowest BCUT2D eigenvalue weighted by atomic mass is 10.1. The summed E-state index contributed by atoms with van der Waals surface area (Å²) in [5.74, 6) is -0.234.